The number of amides is 1. The summed E-state index contributed by atoms with van der Waals surface area (Å²) in [5, 5.41) is 15.4. The van der Waals surface area contributed by atoms with Gasteiger partial charge < -0.3 is 20.5 Å². The first-order chi connectivity index (χ1) is 9.19. The SMILES string of the molecule is CCCNc1ccccc1C(=O)NCC(O)COC. The van der Waals surface area contributed by atoms with Gasteiger partial charge in [-0.3, -0.25) is 4.79 Å². The molecule has 0 saturated carbocycles. The van der Waals surface area contributed by atoms with Crippen LogP contribution >= 0.6 is 0 Å². The average Bonchev–Trinajstić information content (AvgIpc) is 2.43. The van der Waals surface area contributed by atoms with Crippen molar-refractivity contribution in [1.29, 1.82) is 0 Å². The number of methoxy groups -OCH3 is 1. The van der Waals surface area contributed by atoms with E-state index in [1.165, 1.54) is 7.11 Å². The molecule has 3 N–H and O–H groups in total. The Labute approximate surface area is 114 Å². The number of anilines is 1. The summed E-state index contributed by atoms with van der Waals surface area (Å²) < 4.78 is 4.80. The van der Waals surface area contributed by atoms with Gasteiger partial charge in [0.15, 0.2) is 0 Å². The van der Waals surface area contributed by atoms with E-state index in [-0.39, 0.29) is 19.1 Å². The molecule has 1 atom stereocenters. The second kappa shape index (κ2) is 8.50. The van der Waals surface area contributed by atoms with Crippen LogP contribution in [0.3, 0.4) is 0 Å². The summed E-state index contributed by atoms with van der Waals surface area (Å²) in [7, 11) is 1.51. The molecule has 106 valence electrons. The van der Waals surface area contributed by atoms with Crippen molar-refractivity contribution in [3.63, 3.8) is 0 Å². The highest BCUT2D eigenvalue weighted by Crippen LogP contribution is 2.14. The number of hydrogen-bond donors (Lipinski definition) is 3. The molecule has 0 aliphatic heterocycles. The average molecular weight is 266 g/mol. The summed E-state index contributed by atoms with van der Waals surface area (Å²) in [6.07, 6.45) is 0.299. The lowest BCUT2D eigenvalue weighted by molar-refractivity contribution is 0.0610. The van der Waals surface area contributed by atoms with Gasteiger partial charge in [-0.25, -0.2) is 0 Å². The topological polar surface area (TPSA) is 70.6 Å². The van der Waals surface area contributed by atoms with E-state index in [9.17, 15) is 9.90 Å². The number of rotatable bonds is 8. The molecular formula is C14H22N2O3. The Kier molecular flexibility index (Phi) is 6.92. The van der Waals surface area contributed by atoms with Crippen LogP contribution in [0.1, 0.15) is 23.7 Å². The Balaban J connectivity index is 2.60. The molecule has 1 aromatic carbocycles. The second-order valence-electron chi connectivity index (χ2n) is 4.29. The zero-order valence-electron chi connectivity index (χ0n) is 11.5. The first-order valence-electron chi connectivity index (χ1n) is 6.47. The predicted octanol–water partition coefficient (Wildman–Crippen LogP) is 1.25. The number of para-hydroxylation sites is 1. The summed E-state index contributed by atoms with van der Waals surface area (Å²) in [5.74, 6) is -0.200. The second-order valence-corrected chi connectivity index (χ2v) is 4.29. The van der Waals surface area contributed by atoms with E-state index in [1.807, 2.05) is 18.2 Å². The van der Waals surface area contributed by atoms with Gasteiger partial charge in [0.2, 0.25) is 0 Å². The van der Waals surface area contributed by atoms with E-state index in [0.717, 1.165) is 18.7 Å². The van der Waals surface area contributed by atoms with Crippen LogP contribution in [0.5, 0.6) is 0 Å². The molecule has 1 aromatic rings. The molecular weight excluding hydrogens is 244 g/mol. The molecule has 0 aromatic heterocycles. The van der Waals surface area contributed by atoms with Crippen molar-refractivity contribution >= 4 is 11.6 Å². The van der Waals surface area contributed by atoms with E-state index >= 15 is 0 Å². The quantitative estimate of drug-likeness (QED) is 0.662. The number of ether oxygens (including phenoxy) is 1. The van der Waals surface area contributed by atoms with E-state index in [1.54, 1.807) is 6.07 Å². The predicted molar refractivity (Wildman–Crippen MR) is 75.4 cm³/mol. The zero-order chi connectivity index (χ0) is 14.1. The van der Waals surface area contributed by atoms with Crippen LogP contribution in [0.25, 0.3) is 0 Å². The van der Waals surface area contributed by atoms with Crippen molar-refractivity contribution in [2.45, 2.75) is 19.4 Å². The van der Waals surface area contributed by atoms with Crippen LogP contribution in [0, 0.1) is 0 Å². The van der Waals surface area contributed by atoms with Gasteiger partial charge in [0.25, 0.3) is 5.91 Å². The Morgan fingerprint density at radius 1 is 1.42 bits per heavy atom. The van der Waals surface area contributed by atoms with Crippen LogP contribution in [-0.4, -0.2) is 43.9 Å². The third kappa shape index (κ3) is 5.28. The van der Waals surface area contributed by atoms with Crippen LogP contribution < -0.4 is 10.6 Å². The molecule has 0 heterocycles. The molecule has 0 bridgehead atoms. The highest BCUT2D eigenvalue weighted by atomic mass is 16.5. The minimum atomic E-state index is -0.690. The summed E-state index contributed by atoms with van der Waals surface area (Å²) in [6.45, 7) is 3.26. The van der Waals surface area contributed by atoms with Crippen molar-refractivity contribution in [1.82, 2.24) is 5.32 Å². The normalized spacial score (nSPS) is 11.9. The Hall–Kier alpha value is -1.59. The van der Waals surface area contributed by atoms with Gasteiger partial charge in [0, 0.05) is 25.9 Å². The fourth-order valence-electron chi connectivity index (χ4n) is 1.65. The lowest BCUT2D eigenvalue weighted by Crippen LogP contribution is -2.34. The maximum Gasteiger partial charge on any atom is 0.253 e. The van der Waals surface area contributed by atoms with Gasteiger partial charge in [0.05, 0.1) is 18.3 Å². The number of aliphatic hydroxyl groups is 1. The fourth-order valence-corrected chi connectivity index (χ4v) is 1.65. The molecule has 0 aliphatic carbocycles. The zero-order valence-corrected chi connectivity index (χ0v) is 11.5. The monoisotopic (exact) mass is 266 g/mol. The number of benzene rings is 1. The van der Waals surface area contributed by atoms with Crippen molar-refractivity contribution < 1.29 is 14.6 Å². The van der Waals surface area contributed by atoms with Crippen molar-refractivity contribution in [3.05, 3.63) is 29.8 Å². The number of carbonyl (C=O) groups is 1. The van der Waals surface area contributed by atoms with Gasteiger partial charge in [0.1, 0.15) is 0 Å². The molecule has 0 aliphatic rings. The molecule has 0 fully saturated rings. The molecule has 19 heavy (non-hydrogen) atoms. The van der Waals surface area contributed by atoms with Crippen molar-refractivity contribution in [3.8, 4) is 0 Å². The third-order valence-corrected chi connectivity index (χ3v) is 2.59. The highest BCUT2D eigenvalue weighted by Gasteiger charge is 2.12. The number of hydrogen-bond acceptors (Lipinski definition) is 4. The molecule has 5 nitrogen and oxygen atoms in total. The maximum absolute atomic E-state index is 12.0. The van der Waals surface area contributed by atoms with E-state index in [2.05, 4.69) is 17.6 Å². The largest absolute Gasteiger partial charge is 0.389 e. The third-order valence-electron chi connectivity index (χ3n) is 2.59. The lowest BCUT2D eigenvalue weighted by atomic mass is 10.1. The highest BCUT2D eigenvalue weighted by molar-refractivity contribution is 5.99. The van der Waals surface area contributed by atoms with Crippen LogP contribution in [-0.2, 0) is 4.74 Å². The standard InChI is InChI=1S/C14H22N2O3/c1-3-8-15-13-7-5-4-6-12(13)14(18)16-9-11(17)10-19-2/h4-7,11,15,17H,3,8-10H2,1-2H3,(H,16,18). The van der Waals surface area contributed by atoms with Gasteiger partial charge >= 0.3 is 0 Å². The maximum atomic E-state index is 12.0. The minimum absolute atomic E-state index is 0.175. The first-order valence-corrected chi connectivity index (χ1v) is 6.47. The number of aliphatic hydroxyl groups excluding tert-OH is 1. The number of nitrogens with one attached hydrogen (secondary N) is 2. The Morgan fingerprint density at radius 2 is 2.16 bits per heavy atom. The van der Waals surface area contributed by atoms with Crippen molar-refractivity contribution in [2.75, 3.05) is 32.1 Å². The van der Waals surface area contributed by atoms with E-state index in [0.29, 0.717) is 5.56 Å². The molecule has 0 saturated heterocycles. The van der Waals surface area contributed by atoms with Crippen molar-refractivity contribution in [2.24, 2.45) is 0 Å². The number of carbonyl (C=O) groups excluding carboxylic acids is 1. The minimum Gasteiger partial charge on any atom is -0.389 e. The van der Waals surface area contributed by atoms with Gasteiger partial charge in [-0.1, -0.05) is 19.1 Å². The summed E-state index contributed by atoms with van der Waals surface area (Å²) in [4.78, 5) is 12.0. The van der Waals surface area contributed by atoms with Gasteiger partial charge in [-0.15, -0.1) is 0 Å². The van der Waals surface area contributed by atoms with E-state index < -0.39 is 6.10 Å². The molecule has 0 spiro atoms. The summed E-state index contributed by atoms with van der Waals surface area (Å²) >= 11 is 0. The molecule has 1 unspecified atom stereocenters. The molecule has 0 radical (unpaired) electrons. The summed E-state index contributed by atoms with van der Waals surface area (Å²) in [5.41, 5.74) is 1.39. The van der Waals surface area contributed by atoms with Crippen LogP contribution in [0.15, 0.2) is 24.3 Å². The molecule has 1 rings (SSSR count). The molecule has 1 amide bonds. The summed E-state index contributed by atoms with van der Waals surface area (Å²) in [6, 6.07) is 7.33. The lowest BCUT2D eigenvalue weighted by Gasteiger charge is -2.13. The fraction of sp³-hybridized carbons (Fsp3) is 0.500. The Bertz CT molecular complexity index is 396. The first kappa shape index (κ1) is 15.5. The van der Waals surface area contributed by atoms with Gasteiger partial charge in [-0.05, 0) is 18.6 Å². The van der Waals surface area contributed by atoms with Crippen LogP contribution in [0.2, 0.25) is 0 Å². The van der Waals surface area contributed by atoms with Crippen LogP contribution in [0.4, 0.5) is 5.69 Å². The Morgan fingerprint density at radius 3 is 2.84 bits per heavy atom. The van der Waals surface area contributed by atoms with Gasteiger partial charge in [-0.2, -0.15) is 0 Å². The smallest absolute Gasteiger partial charge is 0.253 e. The van der Waals surface area contributed by atoms with E-state index in [4.69, 9.17) is 4.74 Å². The molecule has 5 heteroatoms.